The molecule has 1 N–H and O–H groups in total. The summed E-state index contributed by atoms with van der Waals surface area (Å²) in [5.41, 5.74) is 2.74. The van der Waals surface area contributed by atoms with E-state index >= 15 is 0 Å². The zero-order valence-corrected chi connectivity index (χ0v) is 10.3. The molecule has 0 saturated carbocycles. The van der Waals surface area contributed by atoms with Gasteiger partial charge in [-0.15, -0.1) is 0 Å². The summed E-state index contributed by atoms with van der Waals surface area (Å²) in [5.74, 6) is 0. The molecule has 0 aliphatic rings. The number of benzene rings is 1. The Morgan fingerprint density at radius 2 is 2.06 bits per heavy atom. The van der Waals surface area contributed by atoms with Crippen LogP contribution >= 0.6 is 0 Å². The van der Waals surface area contributed by atoms with Crippen LogP contribution in [0.4, 0.5) is 0 Å². The fourth-order valence-corrected chi connectivity index (χ4v) is 2.09. The van der Waals surface area contributed by atoms with Crippen LogP contribution in [0.25, 0.3) is 10.9 Å². The fraction of sp³-hybridized carbons (Fsp3) is 0.429. The molecule has 2 rings (SSSR count). The highest BCUT2D eigenvalue weighted by Crippen LogP contribution is 2.21. The molecule has 16 heavy (non-hydrogen) atoms. The van der Waals surface area contributed by atoms with Gasteiger partial charge in [-0.2, -0.15) is 0 Å². The number of hydrogen-bond acceptors (Lipinski definition) is 1. The predicted molar refractivity (Wildman–Crippen MR) is 70.0 cm³/mol. The van der Waals surface area contributed by atoms with Crippen molar-refractivity contribution >= 4 is 10.9 Å². The molecule has 0 unspecified atom stereocenters. The Morgan fingerprint density at radius 1 is 1.25 bits per heavy atom. The SMILES string of the molecule is CNCCc1ccc2c(ccn2C(C)C)c1. The van der Waals surface area contributed by atoms with Crippen LogP contribution in [0.5, 0.6) is 0 Å². The summed E-state index contributed by atoms with van der Waals surface area (Å²) in [5, 5.41) is 4.53. The normalized spacial score (nSPS) is 11.5. The number of nitrogens with one attached hydrogen (secondary N) is 1. The fourth-order valence-electron chi connectivity index (χ4n) is 2.09. The number of nitrogens with zero attached hydrogens (tertiary/aromatic N) is 1. The van der Waals surface area contributed by atoms with Crippen LogP contribution in [0.2, 0.25) is 0 Å². The highest BCUT2D eigenvalue weighted by molar-refractivity contribution is 5.81. The van der Waals surface area contributed by atoms with Gasteiger partial charge < -0.3 is 9.88 Å². The summed E-state index contributed by atoms with van der Waals surface area (Å²) < 4.78 is 2.32. The van der Waals surface area contributed by atoms with E-state index < -0.39 is 0 Å². The Balaban J connectivity index is 2.33. The minimum atomic E-state index is 0.528. The van der Waals surface area contributed by atoms with Gasteiger partial charge >= 0.3 is 0 Å². The molecular weight excluding hydrogens is 196 g/mol. The molecule has 2 heteroatoms. The largest absolute Gasteiger partial charge is 0.345 e. The summed E-state index contributed by atoms with van der Waals surface area (Å²) in [4.78, 5) is 0. The molecule has 2 aromatic rings. The van der Waals surface area contributed by atoms with Crippen molar-refractivity contribution in [3.63, 3.8) is 0 Å². The third-order valence-corrected chi connectivity index (χ3v) is 3.00. The molecule has 0 atom stereocenters. The highest BCUT2D eigenvalue weighted by Gasteiger charge is 2.04. The topological polar surface area (TPSA) is 17.0 Å². The van der Waals surface area contributed by atoms with Gasteiger partial charge in [0.05, 0.1) is 0 Å². The summed E-state index contributed by atoms with van der Waals surface area (Å²) in [7, 11) is 1.99. The van der Waals surface area contributed by atoms with Crippen molar-refractivity contribution in [1.82, 2.24) is 9.88 Å². The van der Waals surface area contributed by atoms with Crippen LogP contribution in [-0.2, 0) is 6.42 Å². The van der Waals surface area contributed by atoms with Gasteiger partial charge in [0.2, 0.25) is 0 Å². The van der Waals surface area contributed by atoms with E-state index in [0.717, 1.165) is 13.0 Å². The average molecular weight is 216 g/mol. The standard InChI is InChI=1S/C14H20N2/c1-11(2)16-9-7-13-10-12(6-8-15-3)4-5-14(13)16/h4-5,7,9-11,15H,6,8H2,1-3H3. The van der Waals surface area contributed by atoms with E-state index in [4.69, 9.17) is 0 Å². The zero-order chi connectivity index (χ0) is 11.5. The van der Waals surface area contributed by atoms with Gasteiger partial charge in [-0.1, -0.05) is 6.07 Å². The van der Waals surface area contributed by atoms with Crippen molar-refractivity contribution in [2.45, 2.75) is 26.3 Å². The van der Waals surface area contributed by atoms with Gasteiger partial charge in [0.1, 0.15) is 0 Å². The Kier molecular flexibility index (Phi) is 3.30. The zero-order valence-electron chi connectivity index (χ0n) is 10.3. The Hall–Kier alpha value is -1.28. The number of likely N-dealkylation sites (N-methyl/N-ethyl adjacent to an activating group) is 1. The third-order valence-electron chi connectivity index (χ3n) is 3.00. The van der Waals surface area contributed by atoms with Gasteiger partial charge in [-0.05, 0) is 63.0 Å². The molecule has 0 saturated heterocycles. The first-order valence-corrected chi connectivity index (χ1v) is 5.96. The molecular formula is C14H20N2. The third kappa shape index (κ3) is 2.12. The number of hydrogen-bond donors (Lipinski definition) is 1. The van der Waals surface area contributed by atoms with Gasteiger partial charge in [0, 0.05) is 17.8 Å². The molecule has 0 fully saturated rings. The molecule has 0 bridgehead atoms. The van der Waals surface area contributed by atoms with Gasteiger partial charge in [0.25, 0.3) is 0 Å². The predicted octanol–water partition coefficient (Wildman–Crippen LogP) is 2.98. The summed E-state index contributed by atoms with van der Waals surface area (Å²) >= 11 is 0. The van der Waals surface area contributed by atoms with Crippen molar-refractivity contribution in [3.05, 3.63) is 36.0 Å². The summed E-state index contributed by atoms with van der Waals surface area (Å²) in [6.07, 6.45) is 3.27. The Bertz CT molecular complexity index is 469. The maximum Gasteiger partial charge on any atom is 0.0482 e. The van der Waals surface area contributed by atoms with Crippen molar-refractivity contribution in [3.8, 4) is 0 Å². The van der Waals surface area contributed by atoms with E-state index in [0.29, 0.717) is 6.04 Å². The second-order valence-corrected chi connectivity index (χ2v) is 4.56. The molecule has 0 amide bonds. The summed E-state index contributed by atoms with van der Waals surface area (Å²) in [6.45, 7) is 5.47. The van der Waals surface area contributed by atoms with E-state index in [1.165, 1.54) is 16.5 Å². The second-order valence-electron chi connectivity index (χ2n) is 4.56. The molecule has 1 aromatic heterocycles. The second kappa shape index (κ2) is 4.71. The number of rotatable bonds is 4. The lowest BCUT2D eigenvalue weighted by Crippen LogP contribution is -2.10. The van der Waals surface area contributed by atoms with Gasteiger partial charge in [-0.3, -0.25) is 0 Å². The van der Waals surface area contributed by atoms with E-state index in [-0.39, 0.29) is 0 Å². The van der Waals surface area contributed by atoms with Crippen molar-refractivity contribution < 1.29 is 0 Å². The van der Waals surface area contributed by atoms with Crippen molar-refractivity contribution in [2.75, 3.05) is 13.6 Å². The van der Waals surface area contributed by atoms with E-state index in [1.807, 2.05) is 7.05 Å². The number of fused-ring (bicyclic) bond motifs is 1. The number of aromatic nitrogens is 1. The van der Waals surface area contributed by atoms with Crippen molar-refractivity contribution in [2.24, 2.45) is 0 Å². The monoisotopic (exact) mass is 216 g/mol. The maximum atomic E-state index is 3.18. The molecule has 0 aliphatic heterocycles. The Morgan fingerprint density at radius 3 is 2.75 bits per heavy atom. The van der Waals surface area contributed by atoms with E-state index in [9.17, 15) is 0 Å². The minimum Gasteiger partial charge on any atom is -0.345 e. The van der Waals surface area contributed by atoms with Crippen LogP contribution in [0, 0.1) is 0 Å². The molecule has 0 spiro atoms. The molecule has 0 aliphatic carbocycles. The van der Waals surface area contributed by atoms with Crippen LogP contribution in [-0.4, -0.2) is 18.2 Å². The van der Waals surface area contributed by atoms with Gasteiger partial charge in [0.15, 0.2) is 0 Å². The van der Waals surface area contributed by atoms with Crippen LogP contribution in [0.15, 0.2) is 30.5 Å². The molecule has 86 valence electrons. The minimum absolute atomic E-state index is 0.528. The first-order valence-electron chi connectivity index (χ1n) is 5.96. The first-order chi connectivity index (χ1) is 7.72. The Labute approximate surface area is 97.3 Å². The van der Waals surface area contributed by atoms with E-state index in [1.54, 1.807) is 0 Å². The van der Waals surface area contributed by atoms with Crippen LogP contribution in [0.3, 0.4) is 0 Å². The lowest BCUT2D eigenvalue weighted by atomic mass is 10.1. The molecule has 0 radical (unpaired) electrons. The van der Waals surface area contributed by atoms with Crippen molar-refractivity contribution in [1.29, 1.82) is 0 Å². The maximum absolute atomic E-state index is 3.18. The van der Waals surface area contributed by atoms with Crippen LogP contribution < -0.4 is 5.32 Å². The molecule has 1 heterocycles. The first kappa shape index (κ1) is 11.2. The summed E-state index contributed by atoms with van der Waals surface area (Å²) in [6, 6.07) is 9.50. The lowest BCUT2D eigenvalue weighted by molar-refractivity contribution is 0.623. The van der Waals surface area contributed by atoms with Crippen LogP contribution in [0.1, 0.15) is 25.5 Å². The van der Waals surface area contributed by atoms with E-state index in [2.05, 4.69) is 54.2 Å². The molecule has 1 aromatic carbocycles. The lowest BCUT2D eigenvalue weighted by Gasteiger charge is -2.09. The smallest absolute Gasteiger partial charge is 0.0482 e. The average Bonchev–Trinajstić information content (AvgIpc) is 2.69. The van der Waals surface area contributed by atoms with Gasteiger partial charge in [-0.25, -0.2) is 0 Å². The quantitative estimate of drug-likeness (QED) is 0.831. The highest BCUT2D eigenvalue weighted by atomic mass is 15.0. The molecule has 2 nitrogen and oxygen atoms in total.